The molecule has 0 spiro atoms. The molecule has 1 aliphatic rings. The number of anilines is 1. The summed E-state index contributed by atoms with van der Waals surface area (Å²) in [7, 11) is -4.14. The van der Waals surface area contributed by atoms with E-state index < -0.39 is 34.0 Å². The largest absolute Gasteiger partial charge is 0.470 e. The molecule has 0 radical (unpaired) electrons. The highest BCUT2D eigenvalue weighted by molar-refractivity contribution is 7.90. The van der Waals surface area contributed by atoms with Gasteiger partial charge in [0, 0.05) is 43.2 Å². The van der Waals surface area contributed by atoms with Crippen LogP contribution in [-0.2, 0) is 27.7 Å². The van der Waals surface area contributed by atoms with Crippen LogP contribution in [0.4, 0.5) is 23.2 Å². The second-order valence-electron chi connectivity index (χ2n) is 8.95. The zero-order valence-electron chi connectivity index (χ0n) is 20.5. The maximum atomic E-state index is 15.1. The molecule has 9 nitrogen and oxygen atoms in total. The molecule has 1 aliphatic heterocycles. The van der Waals surface area contributed by atoms with Gasteiger partial charge in [-0.1, -0.05) is 38.1 Å². The van der Waals surface area contributed by atoms with Gasteiger partial charge in [0.1, 0.15) is 5.82 Å². The maximum absolute atomic E-state index is 15.1. The number of carbonyl (C=O) groups excluding carboxylic acids is 1. The number of hydrogen-bond donors (Lipinski definition) is 0. The Morgan fingerprint density at radius 3 is 2.26 bits per heavy atom. The first-order valence-electron chi connectivity index (χ1n) is 11.7. The fraction of sp³-hybridized carbons (Fsp3) is 0.375. The Kier molecular flexibility index (Phi) is 7.74. The van der Waals surface area contributed by atoms with Crippen LogP contribution >= 0.6 is 0 Å². The van der Waals surface area contributed by atoms with Crippen LogP contribution in [0.15, 0.2) is 52.9 Å². The number of aromatic nitrogens is 2. The van der Waals surface area contributed by atoms with Gasteiger partial charge in [0.2, 0.25) is 11.8 Å². The monoisotopic (exact) mass is 555 g/mol. The van der Waals surface area contributed by atoms with Gasteiger partial charge in [-0.05, 0) is 24.3 Å². The Labute approximate surface area is 216 Å². The van der Waals surface area contributed by atoms with E-state index in [1.165, 1.54) is 16.4 Å². The lowest BCUT2D eigenvalue weighted by atomic mass is 10.1. The van der Waals surface area contributed by atoms with Gasteiger partial charge in [-0.25, -0.2) is 4.39 Å². The third-order valence-corrected chi connectivity index (χ3v) is 7.89. The summed E-state index contributed by atoms with van der Waals surface area (Å²) in [6.45, 7) is 3.76. The van der Waals surface area contributed by atoms with Gasteiger partial charge in [-0.15, -0.1) is 10.2 Å². The van der Waals surface area contributed by atoms with E-state index in [1.54, 1.807) is 49.1 Å². The van der Waals surface area contributed by atoms with Gasteiger partial charge in [-0.3, -0.25) is 9.10 Å². The van der Waals surface area contributed by atoms with Crippen molar-refractivity contribution in [2.45, 2.75) is 26.6 Å². The second kappa shape index (κ2) is 10.7. The number of benzene rings is 2. The average Bonchev–Trinajstić information content (AvgIpc) is 3.39. The first kappa shape index (κ1) is 27.5. The first-order chi connectivity index (χ1) is 17.9. The summed E-state index contributed by atoms with van der Waals surface area (Å²) in [5.74, 6) is -3.22. The predicted octanol–water partition coefficient (Wildman–Crippen LogP) is 3.95. The SMILES string of the molecule is CC(C)C(=O)N1CCN(S(=O)(=O)N(Cc2ccc(-c3nnc(C(F)(F)F)o3)cc2F)c2ccccc2)CC1. The zero-order chi connectivity index (χ0) is 27.7. The van der Waals surface area contributed by atoms with E-state index in [4.69, 9.17) is 0 Å². The van der Waals surface area contributed by atoms with Gasteiger partial charge in [0.25, 0.3) is 0 Å². The van der Waals surface area contributed by atoms with Gasteiger partial charge in [0.05, 0.1) is 12.2 Å². The lowest BCUT2D eigenvalue weighted by Gasteiger charge is -2.38. The summed E-state index contributed by atoms with van der Waals surface area (Å²) in [6.07, 6.45) is -4.85. The summed E-state index contributed by atoms with van der Waals surface area (Å²) < 4.78 is 87.7. The number of hydrogen-bond acceptors (Lipinski definition) is 6. The number of nitrogens with zero attached hydrogens (tertiary/aromatic N) is 5. The normalized spacial score (nSPS) is 15.2. The number of amides is 1. The second-order valence-corrected chi connectivity index (χ2v) is 10.8. The predicted molar refractivity (Wildman–Crippen MR) is 129 cm³/mol. The molecule has 14 heteroatoms. The third kappa shape index (κ3) is 5.80. The van der Waals surface area contributed by atoms with Crippen molar-refractivity contribution in [2.24, 2.45) is 5.92 Å². The van der Waals surface area contributed by atoms with Gasteiger partial charge in [0.15, 0.2) is 0 Å². The molecular formula is C24H25F4N5O4S. The molecule has 0 unspecified atom stereocenters. The average molecular weight is 556 g/mol. The molecule has 2 heterocycles. The molecule has 0 bridgehead atoms. The number of carbonyl (C=O) groups is 1. The molecule has 0 aliphatic carbocycles. The molecule has 1 saturated heterocycles. The smallest absolute Gasteiger partial charge is 0.413 e. The Balaban J connectivity index is 1.59. The van der Waals surface area contributed by atoms with Crippen molar-refractivity contribution in [2.75, 3.05) is 30.5 Å². The third-order valence-electron chi connectivity index (χ3n) is 5.97. The summed E-state index contributed by atoms with van der Waals surface area (Å²) in [6, 6.07) is 11.6. The van der Waals surface area contributed by atoms with Gasteiger partial charge in [-0.2, -0.15) is 25.9 Å². The van der Waals surface area contributed by atoms with Crippen molar-refractivity contribution in [3.05, 3.63) is 65.8 Å². The molecule has 1 amide bonds. The van der Waals surface area contributed by atoms with E-state index >= 15 is 4.39 Å². The minimum Gasteiger partial charge on any atom is -0.413 e. The number of rotatable bonds is 7. The Hall–Kier alpha value is -3.52. The molecule has 1 fully saturated rings. The van der Waals surface area contributed by atoms with Gasteiger partial charge >= 0.3 is 22.3 Å². The molecule has 3 aromatic rings. The molecule has 2 aromatic carbocycles. The molecule has 38 heavy (non-hydrogen) atoms. The Bertz CT molecular complexity index is 1390. The lowest BCUT2D eigenvalue weighted by Crippen LogP contribution is -2.54. The molecule has 0 atom stereocenters. The number of piperazine rings is 1. The van der Waals surface area contributed by atoms with Crippen molar-refractivity contribution in [3.63, 3.8) is 0 Å². The molecule has 0 N–H and O–H groups in total. The van der Waals surface area contributed by atoms with Crippen molar-refractivity contribution in [1.82, 2.24) is 19.4 Å². The maximum Gasteiger partial charge on any atom is 0.470 e. The minimum absolute atomic E-state index is 0.0228. The van der Waals surface area contributed by atoms with E-state index in [1.807, 2.05) is 0 Å². The van der Waals surface area contributed by atoms with Crippen LogP contribution in [0.5, 0.6) is 0 Å². The molecule has 4 rings (SSSR count). The van der Waals surface area contributed by atoms with E-state index in [9.17, 15) is 26.4 Å². The van der Waals surface area contributed by atoms with Crippen molar-refractivity contribution in [3.8, 4) is 11.5 Å². The summed E-state index contributed by atoms with van der Waals surface area (Å²) in [4.78, 5) is 13.9. The van der Waals surface area contributed by atoms with Crippen LogP contribution < -0.4 is 4.31 Å². The van der Waals surface area contributed by atoms with Crippen molar-refractivity contribution in [1.29, 1.82) is 0 Å². The summed E-state index contributed by atoms with van der Waals surface area (Å²) in [5, 5.41) is 6.25. The van der Waals surface area contributed by atoms with E-state index in [0.717, 1.165) is 10.4 Å². The first-order valence-corrected chi connectivity index (χ1v) is 13.1. The van der Waals surface area contributed by atoms with Gasteiger partial charge < -0.3 is 9.32 Å². The number of halogens is 4. The fourth-order valence-corrected chi connectivity index (χ4v) is 5.56. The number of alkyl halides is 3. The van der Waals surface area contributed by atoms with Crippen LogP contribution in [0.25, 0.3) is 11.5 Å². The molecule has 0 saturated carbocycles. The van der Waals surface area contributed by atoms with Crippen LogP contribution in [-0.4, -0.2) is 59.9 Å². The lowest BCUT2D eigenvalue weighted by molar-refractivity contribution is -0.157. The van der Waals surface area contributed by atoms with Crippen LogP contribution in [0, 0.1) is 11.7 Å². The highest BCUT2D eigenvalue weighted by Gasteiger charge is 2.38. The molecule has 1 aromatic heterocycles. The van der Waals surface area contributed by atoms with Crippen molar-refractivity contribution >= 4 is 21.8 Å². The fourth-order valence-electron chi connectivity index (χ4n) is 3.96. The van der Waals surface area contributed by atoms with E-state index in [2.05, 4.69) is 14.6 Å². The highest BCUT2D eigenvalue weighted by Crippen LogP contribution is 2.31. The topological polar surface area (TPSA) is 99.9 Å². The summed E-state index contributed by atoms with van der Waals surface area (Å²) >= 11 is 0. The van der Waals surface area contributed by atoms with Crippen molar-refractivity contribution < 1.29 is 35.2 Å². The summed E-state index contributed by atoms with van der Waals surface area (Å²) in [5.41, 5.74) is 0.183. The quantitative estimate of drug-likeness (QED) is 0.410. The van der Waals surface area contributed by atoms with Crippen LogP contribution in [0.3, 0.4) is 0 Å². The standard InChI is InChI=1S/C24H25F4N5O4S/c1-16(2)22(34)31-10-12-32(13-11-31)38(35,36)33(19-6-4-3-5-7-19)15-18-9-8-17(14-20(18)25)21-29-30-23(37-21)24(26,27)28/h3-9,14,16H,10-13,15H2,1-2H3. The Morgan fingerprint density at radius 1 is 1.05 bits per heavy atom. The van der Waals surface area contributed by atoms with Crippen LogP contribution in [0.2, 0.25) is 0 Å². The van der Waals surface area contributed by atoms with E-state index in [0.29, 0.717) is 5.69 Å². The zero-order valence-corrected chi connectivity index (χ0v) is 21.3. The van der Waals surface area contributed by atoms with E-state index in [-0.39, 0.29) is 55.7 Å². The molecule has 204 valence electrons. The molecular weight excluding hydrogens is 530 g/mol. The number of para-hydroxylation sites is 1. The van der Waals surface area contributed by atoms with Crippen LogP contribution in [0.1, 0.15) is 25.3 Å². The highest BCUT2D eigenvalue weighted by atomic mass is 32.2. The minimum atomic E-state index is -4.85. The Morgan fingerprint density at radius 2 is 1.71 bits per heavy atom.